The van der Waals surface area contributed by atoms with Crippen LogP contribution in [0.25, 0.3) is 0 Å². The summed E-state index contributed by atoms with van der Waals surface area (Å²) < 4.78 is 6.16. The number of carbonyl (C=O) groups excluding carboxylic acids is 1. The van der Waals surface area contributed by atoms with Crippen LogP contribution >= 0.6 is 0 Å². The van der Waals surface area contributed by atoms with Crippen LogP contribution in [0.1, 0.15) is 32.8 Å². The Hall–Kier alpha value is -1.39. The highest BCUT2D eigenvalue weighted by Gasteiger charge is 2.50. The zero-order valence-electron chi connectivity index (χ0n) is 13.1. The first-order chi connectivity index (χ1) is 9.97. The van der Waals surface area contributed by atoms with Gasteiger partial charge in [0.1, 0.15) is 5.72 Å². The molecule has 0 bridgehead atoms. The number of fused-ring (bicyclic) bond motifs is 1. The lowest BCUT2D eigenvalue weighted by molar-refractivity contribution is -0.144. The molecule has 2 aliphatic rings. The standard InChI is InChI=1S/C17H24N2O2/c1-13(20)19-15-9-10-18(11-14-7-5-4-6-8-14)12-16(15)21-17(19,2)3/h4-8,15-16H,9-12H2,1-3H3. The van der Waals surface area contributed by atoms with Gasteiger partial charge in [-0.1, -0.05) is 30.3 Å². The second-order valence-corrected chi connectivity index (χ2v) is 6.57. The second-order valence-electron chi connectivity index (χ2n) is 6.57. The third-order valence-corrected chi connectivity index (χ3v) is 4.55. The van der Waals surface area contributed by atoms with Gasteiger partial charge in [0.05, 0.1) is 12.1 Å². The fourth-order valence-corrected chi connectivity index (χ4v) is 3.80. The zero-order chi connectivity index (χ0) is 15.0. The molecule has 0 aliphatic carbocycles. The van der Waals surface area contributed by atoms with Gasteiger partial charge in [0.25, 0.3) is 0 Å². The van der Waals surface area contributed by atoms with Gasteiger partial charge in [-0.15, -0.1) is 0 Å². The third-order valence-electron chi connectivity index (χ3n) is 4.55. The van der Waals surface area contributed by atoms with Crippen molar-refractivity contribution in [2.75, 3.05) is 13.1 Å². The van der Waals surface area contributed by atoms with Gasteiger partial charge in [-0.05, 0) is 25.8 Å². The van der Waals surface area contributed by atoms with Gasteiger partial charge in [-0.25, -0.2) is 0 Å². The molecule has 2 fully saturated rings. The molecule has 1 aromatic rings. The summed E-state index contributed by atoms with van der Waals surface area (Å²) in [5.74, 6) is 0.115. The predicted molar refractivity (Wildman–Crippen MR) is 81.6 cm³/mol. The van der Waals surface area contributed by atoms with Crippen molar-refractivity contribution < 1.29 is 9.53 Å². The molecule has 1 amide bonds. The molecule has 114 valence electrons. The van der Waals surface area contributed by atoms with E-state index in [9.17, 15) is 4.79 Å². The van der Waals surface area contributed by atoms with E-state index in [-0.39, 0.29) is 18.1 Å². The molecule has 4 heteroatoms. The largest absolute Gasteiger partial charge is 0.349 e. The monoisotopic (exact) mass is 288 g/mol. The van der Waals surface area contributed by atoms with Crippen molar-refractivity contribution in [1.82, 2.24) is 9.80 Å². The van der Waals surface area contributed by atoms with E-state index >= 15 is 0 Å². The number of hydrogen-bond donors (Lipinski definition) is 0. The molecule has 0 radical (unpaired) electrons. The normalized spacial score (nSPS) is 28.4. The Kier molecular flexibility index (Phi) is 3.76. The molecule has 4 nitrogen and oxygen atoms in total. The van der Waals surface area contributed by atoms with Crippen LogP contribution in [-0.4, -0.2) is 46.7 Å². The minimum atomic E-state index is -0.482. The molecule has 2 atom stereocenters. The van der Waals surface area contributed by atoms with Crippen LogP contribution in [-0.2, 0) is 16.1 Å². The van der Waals surface area contributed by atoms with Crippen LogP contribution in [0, 0.1) is 0 Å². The number of hydrogen-bond acceptors (Lipinski definition) is 3. The van der Waals surface area contributed by atoms with Crippen molar-refractivity contribution in [2.45, 2.75) is 51.6 Å². The van der Waals surface area contributed by atoms with Gasteiger partial charge in [0.2, 0.25) is 5.91 Å². The highest BCUT2D eigenvalue weighted by atomic mass is 16.5. The predicted octanol–water partition coefficient (Wildman–Crippen LogP) is 2.24. The molecule has 1 aromatic carbocycles. The minimum absolute atomic E-state index is 0.115. The Morgan fingerprint density at radius 2 is 2.05 bits per heavy atom. The van der Waals surface area contributed by atoms with E-state index in [0.29, 0.717) is 0 Å². The van der Waals surface area contributed by atoms with Crippen molar-refractivity contribution in [3.63, 3.8) is 0 Å². The Labute approximate surface area is 126 Å². The SMILES string of the molecule is CC(=O)N1C2CCN(Cc3ccccc3)CC2OC1(C)C. The molecular weight excluding hydrogens is 264 g/mol. The maximum absolute atomic E-state index is 11.9. The van der Waals surface area contributed by atoms with Crippen LogP contribution in [0.15, 0.2) is 30.3 Å². The van der Waals surface area contributed by atoms with E-state index in [1.54, 1.807) is 6.92 Å². The first-order valence-electron chi connectivity index (χ1n) is 7.71. The van der Waals surface area contributed by atoms with Crippen molar-refractivity contribution in [2.24, 2.45) is 0 Å². The summed E-state index contributed by atoms with van der Waals surface area (Å²) in [6.07, 6.45) is 1.11. The number of carbonyl (C=O) groups is 1. The molecule has 0 N–H and O–H groups in total. The highest BCUT2D eigenvalue weighted by Crippen LogP contribution is 2.36. The smallest absolute Gasteiger partial charge is 0.222 e. The van der Waals surface area contributed by atoms with Crippen molar-refractivity contribution in [3.05, 3.63) is 35.9 Å². The van der Waals surface area contributed by atoms with E-state index in [1.807, 2.05) is 24.8 Å². The molecule has 0 saturated carbocycles. The van der Waals surface area contributed by atoms with Gasteiger partial charge >= 0.3 is 0 Å². The number of ether oxygens (including phenoxy) is 1. The van der Waals surface area contributed by atoms with Gasteiger partial charge in [-0.3, -0.25) is 9.69 Å². The molecule has 2 aliphatic heterocycles. The number of piperidine rings is 1. The first kappa shape index (κ1) is 14.5. The van der Waals surface area contributed by atoms with E-state index in [4.69, 9.17) is 4.74 Å². The van der Waals surface area contributed by atoms with Gasteiger partial charge < -0.3 is 9.64 Å². The zero-order valence-corrected chi connectivity index (χ0v) is 13.1. The summed E-state index contributed by atoms with van der Waals surface area (Å²) in [5.41, 5.74) is 0.848. The summed E-state index contributed by atoms with van der Waals surface area (Å²) in [5, 5.41) is 0. The fraction of sp³-hybridized carbons (Fsp3) is 0.588. The van der Waals surface area contributed by atoms with E-state index in [1.165, 1.54) is 5.56 Å². The summed E-state index contributed by atoms with van der Waals surface area (Å²) >= 11 is 0. The van der Waals surface area contributed by atoms with Crippen LogP contribution in [0.5, 0.6) is 0 Å². The third kappa shape index (κ3) is 2.83. The van der Waals surface area contributed by atoms with Gasteiger partial charge in [-0.2, -0.15) is 0 Å². The van der Waals surface area contributed by atoms with E-state index in [0.717, 1.165) is 26.1 Å². The van der Waals surface area contributed by atoms with Crippen molar-refractivity contribution in [1.29, 1.82) is 0 Å². The topological polar surface area (TPSA) is 32.8 Å². The summed E-state index contributed by atoms with van der Waals surface area (Å²) in [6, 6.07) is 10.7. The maximum atomic E-state index is 11.9. The fourth-order valence-electron chi connectivity index (χ4n) is 3.80. The number of likely N-dealkylation sites (tertiary alicyclic amines) is 1. The summed E-state index contributed by atoms with van der Waals surface area (Å²) in [4.78, 5) is 16.3. The average molecular weight is 288 g/mol. The van der Waals surface area contributed by atoms with Crippen LogP contribution in [0.2, 0.25) is 0 Å². The van der Waals surface area contributed by atoms with Crippen molar-refractivity contribution in [3.8, 4) is 0 Å². The van der Waals surface area contributed by atoms with Crippen LogP contribution in [0.3, 0.4) is 0 Å². The van der Waals surface area contributed by atoms with Crippen LogP contribution < -0.4 is 0 Å². The lowest BCUT2D eigenvalue weighted by Gasteiger charge is -2.37. The lowest BCUT2D eigenvalue weighted by atomic mass is 10.00. The highest BCUT2D eigenvalue weighted by molar-refractivity contribution is 5.74. The Morgan fingerprint density at radius 3 is 2.71 bits per heavy atom. The van der Waals surface area contributed by atoms with Crippen molar-refractivity contribution >= 4 is 5.91 Å². The number of amides is 1. The molecule has 0 spiro atoms. The molecule has 21 heavy (non-hydrogen) atoms. The lowest BCUT2D eigenvalue weighted by Crippen LogP contribution is -2.52. The summed E-state index contributed by atoms with van der Waals surface area (Å²) in [6.45, 7) is 8.49. The minimum Gasteiger partial charge on any atom is -0.349 e. The molecule has 2 heterocycles. The Balaban J connectivity index is 1.68. The number of nitrogens with zero attached hydrogens (tertiary/aromatic N) is 2. The first-order valence-corrected chi connectivity index (χ1v) is 7.71. The van der Waals surface area contributed by atoms with Crippen LogP contribution in [0.4, 0.5) is 0 Å². The van der Waals surface area contributed by atoms with E-state index in [2.05, 4.69) is 29.2 Å². The second kappa shape index (κ2) is 5.43. The molecule has 0 aromatic heterocycles. The maximum Gasteiger partial charge on any atom is 0.222 e. The Morgan fingerprint density at radius 1 is 1.33 bits per heavy atom. The number of rotatable bonds is 2. The quantitative estimate of drug-likeness (QED) is 0.837. The summed E-state index contributed by atoms with van der Waals surface area (Å²) in [7, 11) is 0. The molecular formula is C17H24N2O2. The average Bonchev–Trinajstić information content (AvgIpc) is 2.69. The molecule has 2 unspecified atom stereocenters. The van der Waals surface area contributed by atoms with Gasteiger partial charge in [0, 0.05) is 26.6 Å². The Bertz CT molecular complexity index is 515. The number of benzene rings is 1. The van der Waals surface area contributed by atoms with E-state index < -0.39 is 5.72 Å². The molecule has 2 saturated heterocycles. The molecule has 3 rings (SSSR count). The van der Waals surface area contributed by atoms with Gasteiger partial charge in [0.15, 0.2) is 0 Å².